The maximum Gasteiger partial charge on any atom is 0.315 e. The summed E-state index contributed by atoms with van der Waals surface area (Å²) in [6.07, 6.45) is 5.69. The van der Waals surface area contributed by atoms with Crippen LogP contribution in [-0.4, -0.2) is 35.0 Å². The first-order valence-corrected chi connectivity index (χ1v) is 9.05. The number of nitrogens with zero attached hydrogens (tertiary/aromatic N) is 2. The molecule has 2 amide bonds. The quantitative estimate of drug-likeness (QED) is 0.781. The van der Waals surface area contributed by atoms with Gasteiger partial charge in [-0.15, -0.1) is 11.3 Å². The highest BCUT2D eigenvalue weighted by Gasteiger charge is 2.23. The second-order valence-electron chi connectivity index (χ2n) is 5.78. The van der Waals surface area contributed by atoms with Crippen molar-refractivity contribution in [2.24, 2.45) is 0 Å². The summed E-state index contributed by atoms with van der Waals surface area (Å²) in [6, 6.07) is 3.57. The Hall–Kier alpha value is -2.22. The molecule has 1 fully saturated rings. The molecule has 2 heterocycles. The van der Waals surface area contributed by atoms with E-state index in [1.165, 1.54) is 30.6 Å². The molecule has 8 heteroatoms. The van der Waals surface area contributed by atoms with Crippen molar-refractivity contribution in [3.63, 3.8) is 0 Å². The van der Waals surface area contributed by atoms with Gasteiger partial charge in [0.05, 0.1) is 4.88 Å². The van der Waals surface area contributed by atoms with Crippen LogP contribution in [0.5, 0.6) is 0 Å². The van der Waals surface area contributed by atoms with Gasteiger partial charge in [-0.05, 0) is 24.3 Å². The van der Waals surface area contributed by atoms with E-state index in [1.54, 1.807) is 6.07 Å². The van der Waals surface area contributed by atoms with Gasteiger partial charge < -0.3 is 15.2 Å². The summed E-state index contributed by atoms with van der Waals surface area (Å²) in [5, 5.41) is 11.2. The summed E-state index contributed by atoms with van der Waals surface area (Å²) in [5.41, 5.74) is 0. The third-order valence-corrected chi connectivity index (χ3v) is 4.92. The zero-order chi connectivity index (χ0) is 16.8. The molecule has 0 saturated heterocycles. The highest BCUT2D eigenvalue weighted by atomic mass is 32.1. The number of nitrogens with one attached hydrogen (secondary N) is 2. The molecule has 128 valence electrons. The van der Waals surface area contributed by atoms with Crippen molar-refractivity contribution in [3.8, 4) is 0 Å². The average molecular weight is 348 g/mol. The van der Waals surface area contributed by atoms with Crippen molar-refractivity contribution in [2.75, 3.05) is 13.1 Å². The Kier molecular flexibility index (Phi) is 5.58. The van der Waals surface area contributed by atoms with Gasteiger partial charge in [0.1, 0.15) is 0 Å². The van der Waals surface area contributed by atoms with Crippen LogP contribution in [0.15, 0.2) is 22.0 Å². The zero-order valence-corrected chi connectivity index (χ0v) is 14.1. The fraction of sp³-hybridized carbons (Fsp3) is 0.500. The summed E-state index contributed by atoms with van der Waals surface area (Å²) in [4.78, 5) is 28.6. The van der Waals surface area contributed by atoms with Gasteiger partial charge in [-0.1, -0.05) is 30.5 Å². The Labute approximate surface area is 143 Å². The van der Waals surface area contributed by atoms with Gasteiger partial charge in [0.25, 0.3) is 5.91 Å². The topological polar surface area (TPSA) is 97.1 Å². The lowest BCUT2D eigenvalue weighted by molar-refractivity contribution is 0.0899. The Morgan fingerprint density at radius 3 is 2.62 bits per heavy atom. The number of carbonyl (C=O) groups is 2. The van der Waals surface area contributed by atoms with Crippen molar-refractivity contribution in [3.05, 3.63) is 34.1 Å². The van der Waals surface area contributed by atoms with E-state index in [1.807, 2.05) is 11.4 Å². The molecule has 2 aromatic rings. The normalized spacial score (nSPS) is 15.2. The Morgan fingerprint density at radius 1 is 1.17 bits per heavy atom. The lowest BCUT2D eigenvalue weighted by Crippen LogP contribution is -2.34. The van der Waals surface area contributed by atoms with Gasteiger partial charge >= 0.3 is 11.8 Å². The van der Waals surface area contributed by atoms with Crippen LogP contribution in [0.1, 0.15) is 64.2 Å². The molecule has 3 rings (SSSR count). The number of carbonyl (C=O) groups excluding carboxylic acids is 2. The highest BCUT2D eigenvalue weighted by Crippen LogP contribution is 2.30. The SMILES string of the molecule is O=C(NCCNC(=O)c1cccs1)c1nc(C2CCCCC2)no1. The number of aromatic nitrogens is 2. The predicted molar refractivity (Wildman–Crippen MR) is 89.1 cm³/mol. The van der Waals surface area contributed by atoms with Gasteiger partial charge in [-0.25, -0.2) is 0 Å². The van der Waals surface area contributed by atoms with Gasteiger partial charge in [-0.2, -0.15) is 4.98 Å². The largest absolute Gasteiger partial charge is 0.350 e. The van der Waals surface area contributed by atoms with Gasteiger partial charge in [0, 0.05) is 19.0 Å². The van der Waals surface area contributed by atoms with Crippen molar-refractivity contribution in [2.45, 2.75) is 38.0 Å². The molecule has 0 aliphatic heterocycles. The molecule has 0 unspecified atom stereocenters. The molecule has 0 bridgehead atoms. The second kappa shape index (κ2) is 8.05. The van der Waals surface area contributed by atoms with Crippen LogP contribution in [0.4, 0.5) is 0 Å². The summed E-state index contributed by atoms with van der Waals surface area (Å²) in [6.45, 7) is 0.642. The van der Waals surface area contributed by atoms with Gasteiger partial charge in [-0.3, -0.25) is 9.59 Å². The molecule has 2 aromatic heterocycles. The number of hydrogen-bond acceptors (Lipinski definition) is 6. The van der Waals surface area contributed by atoms with Crippen LogP contribution in [0, 0.1) is 0 Å². The van der Waals surface area contributed by atoms with Crippen LogP contribution >= 0.6 is 11.3 Å². The molecule has 1 saturated carbocycles. The molecule has 1 aliphatic carbocycles. The van der Waals surface area contributed by atoms with Gasteiger partial charge in [0.2, 0.25) is 0 Å². The Bertz CT molecular complexity index is 677. The van der Waals surface area contributed by atoms with Crippen molar-refractivity contribution in [1.29, 1.82) is 0 Å². The van der Waals surface area contributed by atoms with Crippen LogP contribution in [-0.2, 0) is 0 Å². The fourth-order valence-corrected chi connectivity index (χ4v) is 3.42. The van der Waals surface area contributed by atoms with Crippen LogP contribution in [0.25, 0.3) is 0 Å². The van der Waals surface area contributed by atoms with E-state index in [9.17, 15) is 9.59 Å². The molecule has 2 N–H and O–H groups in total. The Morgan fingerprint density at radius 2 is 1.92 bits per heavy atom. The summed E-state index contributed by atoms with van der Waals surface area (Å²) >= 11 is 1.38. The summed E-state index contributed by atoms with van der Waals surface area (Å²) in [7, 11) is 0. The van der Waals surface area contributed by atoms with Crippen molar-refractivity contribution >= 4 is 23.2 Å². The first kappa shape index (κ1) is 16.6. The zero-order valence-electron chi connectivity index (χ0n) is 13.3. The lowest BCUT2D eigenvalue weighted by atomic mass is 9.89. The molecule has 7 nitrogen and oxygen atoms in total. The number of amides is 2. The third-order valence-electron chi connectivity index (χ3n) is 4.05. The predicted octanol–water partition coefficient (Wildman–Crippen LogP) is 2.34. The number of hydrogen-bond donors (Lipinski definition) is 2. The number of thiophene rings is 1. The first-order chi connectivity index (χ1) is 11.7. The minimum Gasteiger partial charge on any atom is -0.350 e. The van der Waals surface area contributed by atoms with E-state index >= 15 is 0 Å². The fourth-order valence-electron chi connectivity index (χ4n) is 2.78. The molecule has 0 atom stereocenters. The van der Waals surface area contributed by atoms with E-state index < -0.39 is 5.91 Å². The first-order valence-electron chi connectivity index (χ1n) is 8.17. The number of rotatable bonds is 6. The minimum absolute atomic E-state index is 0.0137. The van der Waals surface area contributed by atoms with E-state index in [0.717, 1.165) is 12.8 Å². The van der Waals surface area contributed by atoms with Crippen molar-refractivity contribution < 1.29 is 14.1 Å². The summed E-state index contributed by atoms with van der Waals surface area (Å²) in [5.74, 6) is 0.367. The molecule has 0 aromatic carbocycles. The summed E-state index contributed by atoms with van der Waals surface area (Å²) < 4.78 is 5.06. The molecule has 1 aliphatic rings. The van der Waals surface area contributed by atoms with Crippen molar-refractivity contribution in [1.82, 2.24) is 20.8 Å². The maximum atomic E-state index is 12.0. The average Bonchev–Trinajstić information content (AvgIpc) is 3.31. The highest BCUT2D eigenvalue weighted by molar-refractivity contribution is 7.12. The molecular formula is C16H20N4O3S. The minimum atomic E-state index is -0.407. The van der Waals surface area contributed by atoms with E-state index in [2.05, 4.69) is 20.8 Å². The van der Waals surface area contributed by atoms with E-state index in [-0.39, 0.29) is 11.8 Å². The van der Waals surface area contributed by atoms with E-state index in [0.29, 0.717) is 29.7 Å². The van der Waals surface area contributed by atoms with Crippen LogP contribution < -0.4 is 10.6 Å². The standard InChI is InChI=1S/C16H20N4O3S/c21-14(12-7-4-10-24-12)17-8-9-18-15(22)16-19-13(20-23-16)11-5-2-1-3-6-11/h4,7,10-11H,1-3,5-6,8-9H2,(H,17,21)(H,18,22). The van der Waals surface area contributed by atoms with Crippen LogP contribution in [0.2, 0.25) is 0 Å². The third kappa shape index (κ3) is 4.19. The maximum absolute atomic E-state index is 12.0. The molecular weight excluding hydrogens is 328 g/mol. The molecule has 0 spiro atoms. The van der Waals surface area contributed by atoms with E-state index in [4.69, 9.17) is 4.52 Å². The monoisotopic (exact) mass is 348 g/mol. The lowest BCUT2D eigenvalue weighted by Gasteiger charge is -2.17. The smallest absolute Gasteiger partial charge is 0.315 e. The Balaban J connectivity index is 1.42. The van der Waals surface area contributed by atoms with Gasteiger partial charge in [0.15, 0.2) is 5.82 Å². The van der Waals surface area contributed by atoms with Crippen LogP contribution in [0.3, 0.4) is 0 Å². The molecule has 24 heavy (non-hydrogen) atoms. The molecule has 0 radical (unpaired) electrons. The second-order valence-corrected chi connectivity index (χ2v) is 6.73.